The molecule has 2 heterocycles. The molecule has 0 fully saturated rings. The van der Waals surface area contributed by atoms with Gasteiger partial charge in [0.05, 0.1) is 11.0 Å². The van der Waals surface area contributed by atoms with E-state index in [4.69, 9.17) is 10.7 Å². The number of hydrogen-bond donors (Lipinski definition) is 2. The van der Waals surface area contributed by atoms with Crippen LogP contribution in [0, 0.1) is 13.8 Å². The Balaban J connectivity index is 1.96. The number of rotatable bonds is 3. The van der Waals surface area contributed by atoms with Gasteiger partial charge in [-0.25, -0.2) is 15.0 Å². The lowest BCUT2D eigenvalue weighted by molar-refractivity contribution is 0.983. The van der Waals surface area contributed by atoms with Gasteiger partial charge in [0.15, 0.2) is 0 Å². The van der Waals surface area contributed by atoms with Gasteiger partial charge in [0.25, 0.3) is 0 Å². The molecule has 0 radical (unpaired) electrons. The molecule has 0 aliphatic rings. The number of benzene rings is 2. The second-order valence-electron chi connectivity index (χ2n) is 5.91. The number of nitrogens with zero attached hydrogens (tertiary/aromatic N) is 4. The molecule has 0 atom stereocenters. The van der Waals surface area contributed by atoms with Crippen LogP contribution >= 0.6 is 0 Å². The lowest BCUT2D eigenvalue weighted by Gasteiger charge is -2.14. The summed E-state index contributed by atoms with van der Waals surface area (Å²) >= 11 is 0. The van der Waals surface area contributed by atoms with Gasteiger partial charge in [0, 0.05) is 11.3 Å². The fourth-order valence-electron chi connectivity index (χ4n) is 2.84. The average Bonchev–Trinajstić information content (AvgIpc) is 2.97. The van der Waals surface area contributed by atoms with Gasteiger partial charge < -0.3 is 11.1 Å². The first kappa shape index (κ1) is 15.1. The van der Waals surface area contributed by atoms with Crippen molar-refractivity contribution in [1.82, 2.24) is 19.5 Å². The molecule has 0 saturated carbocycles. The molecule has 0 bridgehead atoms. The summed E-state index contributed by atoms with van der Waals surface area (Å²) in [6.45, 7) is 3.97. The number of anilines is 3. The van der Waals surface area contributed by atoms with E-state index in [1.54, 1.807) is 0 Å². The molecule has 0 spiro atoms. The van der Waals surface area contributed by atoms with Crippen LogP contribution in [0.25, 0.3) is 16.9 Å². The SMILES string of the molecule is Cc1ccccc1Nc1nc2ccccc2n1-c1ncnc(N)c1C. The Morgan fingerprint density at radius 3 is 2.56 bits per heavy atom. The van der Waals surface area contributed by atoms with Gasteiger partial charge in [0.2, 0.25) is 5.95 Å². The number of para-hydroxylation sites is 3. The Kier molecular flexibility index (Phi) is 3.57. The molecule has 0 amide bonds. The first-order chi connectivity index (χ1) is 12.1. The normalized spacial score (nSPS) is 11.0. The highest BCUT2D eigenvalue weighted by atomic mass is 15.2. The maximum Gasteiger partial charge on any atom is 0.214 e. The molecule has 6 heteroatoms. The summed E-state index contributed by atoms with van der Waals surface area (Å²) < 4.78 is 1.98. The van der Waals surface area contributed by atoms with Crippen molar-refractivity contribution < 1.29 is 0 Å². The number of imidazole rings is 1. The first-order valence-corrected chi connectivity index (χ1v) is 8.03. The molecule has 2 aromatic carbocycles. The molecule has 0 saturated heterocycles. The fourth-order valence-corrected chi connectivity index (χ4v) is 2.84. The van der Waals surface area contributed by atoms with Crippen LogP contribution in [-0.4, -0.2) is 19.5 Å². The molecule has 25 heavy (non-hydrogen) atoms. The summed E-state index contributed by atoms with van der Waals surface area (Å²) in [4.78, 5) is 13.3. The van der Waals surface area contributed by atoms with Crippen LogP contribution in [0.15, 0.2) is 54.9 Å². The maximum atomic E-state index is 5.99. The van der Waals surface area contributed by atoms with Crippen molar-refractivity contribution in [2.24, 2.45) is 0 Å². The van der Waals surface area contributed by atoms with E-state index < -0.39 is 0 Å². The number of fused-ring (bicyclic) bond motifs is 1. The van der Waals surface area contributed by atoms with Crippen molar-refractivity contribution in [3.05, 3.63) is 66.0 Å². The van der Waals surface area contributed by atoms with Crippen LogP contribution in [0.1, 0.15) is 11.1 Å². The van der Waals surface area contributed by atoms with Gasteiger partial charge >= 0.3 is 0 Å². The average molecular weight is 330 g/mol. The van der Waals surface area contributed by atoms with Crippen molar-refractivity contribution in [1.29, 1.82) is 0 Å². The Hall–Kier alpha value is -3.41. The lowest BCUT2D eigenvalue weighted by atomic mass is 10.2. The summed E-state index contributed by atoms with van der Waals surface area (Å²) in [6.07, 6.45) is 1.48. The summed E-state index contributed by atoms with van der Waals surface area (Å²) in [5.41, 5.74) is 10.8. The van der Waals surface area contributed by atoms with Crippen LogP contribution in [0.2, 0.25) is 0 Å². The van der Waals surface area contributed by atoms with Crippen molar-refractivity contribution in [2.75, 3.05) is 11.1 Å². The van der Waals surface area contributed by atoms with E-state index >= 15 is 0 Å². The van der Waals surface area contributed by atoms with Crippen LogP contribution in [-0.2, 0) is 0 Å². The molecule has 0 unspecified atom stereocenters. The molecule has 3 N–H and O–H groups in total. The largest absolute Gasteiger partial charge is 0.383 e. The first-order valence-electron chi connectivity index (χ1n) is 8.03. The Morgan fingerprint density at radius 2 is 1.72 bits per heavy atom. The van der Waals surface area contributed by atoms with Crippen LogP contribution in [0.5, 0.6) is 0 Å². The topological polar surface area (TPSA) is 81.7 Å². The summed E-state index contributed by atoms with van der Waals surface area (Å²) in [7, 11) is 0. The minimum absolute atomic E-state index is 0.463. The quantitative estimate of drug-likeness (QED) is 0.598. The van der Waals surface area contributed by atoms with E-state index in [1.165, 1.54) is 6.33 Å². The second kappa shape index (κ2) is 5.90. The van der Waals surface area contributed by atoms with Crippen LogP contribution < -0.4 is 11.1 Å². The molecule has 124 valence electrons. The predicted octanol–water partition coefficient (Wildman–Crippen LogP) is 3.76. The van der Waals surface area contributed by atoms with Crippen molar-refractivity contribution in [2.45, 2.75) is 13.8 Å². The van der Waals surface area contributed by atoms with Crippen LogP contribution in [0.4, 0.5) is 17.5 Å². The summed E-state index contributed by atoms with van der Waals surface area (Å²) in [5.74, 6) is 1.87. The highest BCUT2D eigenvalue weighted by molar-refractivity contribution is 5.82. The monoisotopic (exact) mass is 330 g/mol. The third-order valence-electron chi connectivity index (χ3n) is 4.26. The molecular formula is C19H18N6. The molecular weight excluding hydrogens is 312 g/mol. The second-order valence-corrected chi connectivity index (χ2v) is 5.91. The fraction of sp³-hybridized carbons (Fsp3) is 0.105. The summed E-state index contributed by atoms with van der Waals surface area (Å²) in [6, 6.07) is 16.0. The van der Waals surface area contributed by atoms with Crippen molar-refractivity contribution in [3.63, 3.8) is 0 Å². The molecule has 0 aliphatic heterocycles. The standard InChI is InChI=1S/C19H18N6/c1-12-7-3-4-8-14(12)23-19-24-15-9-5-6-10-16(15)25(19)18-13(2)17(20)21-11-22-18/h3-11H,1-2H3,(H,23,24)(H2,20,21,22). The number of nitrogens with one attached hydrogen (secondary N) is 1. The van der Waals surface area contributed by atoms with E-state index in [0.717, 1.165) is 33.7 Å². The Morgan fingerprint density at radius 1 is 0.960 bits per heavy atom. The van der Waals surface area contributed by atoms with Gasteiger partial charge in [-0.2, -0.15) is 0 Å². The Labute approximate surface area is 145 Å². The molecule has 6 nitrogen and oxygen atoms in total. The molecule has 4 rings (SSSR count). The molecule has 2 aromatic heterocycles. The third kappa shape index (κ3) is 2.57. The zero-order valence-electron chi connectivity index (χ0n) is 14.1. The smallest absolute Gasteiger partial charge is 0.214 e. The number of aryl methyl sites for hydroxylation is 1. The van der Waals surface area contributed by atoms with Gasteiger partial charge in [-0.3, -0.25) is 4.57 Å². The van der Waals surface area contributed by atoms with E-state index in [-0.39, 0.29) is 0 Å². The van der Waals surface area contributed by atoms with Gasteiger partial charge in [-0.15, -0.1) is 0 Å². The molecule has 0 aliphatic carbocycles. The highest BCUT2D eigenvalue weighted by Gasteiger charge is 2.17. The minimum atomic E-state index is 0.463. The minimum Gasteiger partial charge on any atom is -0.383 e. The Bertz CT molecular complexity index is 1070. The van der Waals surface area contributed by atoms with Gasteiger partial charge in [0.1, 0.15) is 18.0 Å². The van der Waals surface area contributed by atoms with E-state index in [2.05, 4.69) is 28.3 Å². The number of aromatic nitrogens is 4. The number of nitrogen functional groups attached to an aromatic ring is 1. The van der Waals surface area contributed by atoms with E-state index in [0.29, 0.717) is 11.8 Å². The molecule has 4 aromatic rings. The zero-order valence-corrected chi connectivity index (χ0v) is 14.1. The predicted molar refractivity (Wildman–Crippen MR) is 100 cm³/mol. The van der Waals surface area contributed by atoms with Crippen molar-refractivity contribution >= 4 is 28.5 Å². The maximum absolute atomic E-state index is 5.99. The van der Waals surface area contributed by atoms with E-state index in [9.17, 15) is 0 Å². The summed E-state index contributed by atoms with van der Waals surface area (Å²) in [5, 5.41) is 3.43. The number of hydrogen-bond acceptors (Lipinski definition) is 5. The van der Waals surface area contributed by atoms with Crippen molar-refractivity contribution in [3.8, 4) is 5.82 Å². The third-order valence-corrected chi connectivity index (χ3v) is 4.26. The number of nitrogens with two attached hydrogens (primary N) is 1. The van der Waals surface area contributed by atoms with Gasteiger partial charge in [-0.1, -0.05) is 30.3 Å². The zero-order chi connectivity index (χ0) is 17.4. The van der Waals surface area contributed by atoms with E-state index in [1.807, 2.05) is 54.0 Å². The lowest BCUT2D eigenvalue weighted by Crippen LogP contribution is -2.08. The van der Waals surface area contributed by atoms with Crippen LogP contribution in [0.3, 0.4) is 0 Å². The van der Waals surface area contributed by atoms with Gasteiger partial charge in [-0.05, 0) is 37.6 Å². The highest BCUT2D eigenvalue weighted by Crippen LogP contribution is 2.29.